The largest absolute Gasteiger partial charge is 0.206 e. The fourth-order valence-electron chi connectivity index (χ4n) is 3.27. The summed E-state index contributed by atoms with van der Waals surface area (Å²) in [6.45, 7) is 4.21. The van der Waals surface area contributed by atoms with E-state index in [2.05, 4.69) is 43.3 Å². The molecule has 114 valence electrons. The van der Waals surface area contributed by atoms with Crippen molar-refractivity contribution >= 4 is 11.6 Å². The van der Waals surface area contributed by atoms with Crippen LogP contribution in [0.5, 0.6) is 0 Å². The molecule has 0 saturated heterocycles. The molecule has 0 aromatic heterocycles. The predicted octanol–water partition coefficient (Wildman–Crippen LogP) is 5.83. The second-order valence-electron chi connectivity index (χ2n) is 6.08. The zero-order valence-electron chi connectivity index (χ0n) is 13.5. The van der Waals surface area contributed by atoms with Crippen LogP contribution in [-0.2, 0) is 19.3 Å². The van der Waals surface area contributed by atoms with E-state index in [1.54, 1.807) is 0 Å². The lowest BCUT2D eigenvalue weighted by atomic mass is 9.87. The van der Waals surface area contributed by atoms with Gasteiger partial charge >= 0.3 is 0 Å². The van der Waals surface area contributed by atoms with Crippen LogP contribution in [0.4, 0.5) is 4.39 Å². The zero-order chi connectivity index (χ0) is 15.5. The Bertz CT molecular complexity index is 693. The number of fused-ring (bicyclic) bond motifs is 1. The Morgan fingerprint density at radius 1 is 0.955 bits per heavy atom. The minimum atomic E-state index is 0.00796. The Balaban J connectivity index is 1.92. The summed E-state index contributed by atoms with van der Waals surface area (Å²) in [5.41, 5.74) is 6.75. The molecule has 0 heterocycles. The van der Waals surface area contributed by atoms with Gasteiger partial charge in [-0.15, -0.1) is 0 Å². The van der Waals surface area contributed by atoms with Crippen molar-refractivity contribution in [3.05, 3.63) is 70.0 Å². The maximum atomic E-state index is 14.4. The number of aryl methyl sites for hydroxylation is 2. The molecule has 3 rings (SSSR count). The van der Waals surface area contributed by atoms with E-state index in [4.69, 9.17) is 0 Å². The molecular formula is C21H23F. The second-order valence-corrected chi connectivity index (χ2v) is 6.08. The van der Waals surface area contributed by atoms with Crippen LogP contribution in [0.1, 0.15) is 54.5 Å². The molecule has 0 aliphatic heterocycles. The van der Waals surface area contributed by atoms with Gasteiger partial charge in [-0.1, -0.05) is 62.7 Å². The van der Waals surface area contributed by atoms with Gasteiger partial charge in [0.1, 0.15) is 5.82 Å². The maximum absolute atomic E-state index is 14.4. The predicted molar refractivity (Wildman–Crippen MR) is 92.4 cm³/mol. The van der Waals surface area contributed by atoms with Crippen molar-refractivity contribution in [2.45, 2.75) is 46.0 Å². The van der Waals surface area contributed by atoms with Gasteiger partial charge in [0.2, 0.25) is 0 Å². The summed E-state index contributed by atoms with van der Waals surface area (Å²) in [4.78, 5) is 0. The van der Waals surface area contributed by atoms with Gasteiger partial charge < -0.3 is 0 Å². The Hall–Kier alpha value is -1.89. The first-order valence-corrected chi connectivity index (χ1v) is 8.33. The van der Waals surface area contributed by atoms with E-state index < -0.39 is 0 Å². The smallest absolute Gasteiger partial charge is 0.130 e. The number of halogens is 1. The molecule has 0 saturated carbocycles. The van der Waals surface area contributed by atoms with Gasteiger partial charge in [0.25, 0.3) is 0 Å². The van der Waals surface area contributed by atoms with Crippen molar-refractivity contribution in [2.24, 2.45) is 0 Å². The van der Waals surface area contributed by atoms with Crippen LogP contribution in [0.25, 0.3) is 11.6 Å². The molecule has 0 N–H and O–H groups in total. The average molecular weight is 294 g/mol. The lowest BCUT2D eigenvalue weighted by Gasteiger charge is -2.19. The van der Waals surface area contributed by atoms with Gasteiger partial charge in [0.05, 0.1) is 0 Å². The Morgan fingerprint density at radius 3 is 2.41 bits per heavy atom. The van der Waals surface area contributed by atoms with Gasteiger partial charge in [-0.2, -0.15) is 0 Å². The Kier molecular flexibility index (Phi) is 4.42. The highest BCUT2D eigenvalue weighted by atomic mass is 19.1. The summed E-state index contributed by atoms with van der Waals surface area (Å²) in [5.74, 6) is 0.00796. The number of hydrogen-bond donors (Lipinski definition) is 0. The second kappa shape index (κ2) is 6.48. The number of benzene rings is 2. The molecule has 2 aromatic rings. The molecule has 0 bridgehead atoms. The van der Waals surface area contributed by atoms with Crippen molar-refractivity contribution in [1.82, 2.24) is 0 Å². The van der Waals surface area contributed by atoms with Crippen molar-refractivity contribution in [3.63, 3.8) is 0 Å². The third-order valence-corrected chi connectivity index (χ3v) is 4.58. The number of hydrogen-bond acceptors (Lipinski definition) is 0. The third kappa shape index (κ3) is 2.85. The van der Waals surface area contributed by atoms with Crippen molar-refractivity contribution < 1.29 is 4.39 Å². The van der Waals surface area contributed by atoms with Crippen LogP contribution in [0.15, 0.2) is 36.4 Å². The molecule has 0 nitrogen and oxygen atoms in total. The number of allylic oxidation sites excluding steroid dienone is 1. The summed E-state index contributed by atoms with van der Waals surface area (Å²) in [5, 5.41) is 0. The minimum Gasteiger partial charge on any atom is -0.206 e. The van der Waals surface area contributed by atoms with E-state index >= 15 is 0 Å². The van der Waals surface area contributed by atoms with Gasteiger partial charge in [-0.05, 0) is 59.1 Å². The van der Waals surface area contributed by atoms with Crippen LogP contribution < -0.4 is 0 Å². The molecule has 22 heavy (non-hydrogen) atoms. The molecular weight excluding hydrogens is 271 g/mol. The highest BCUT2D eigenvalue weighted by Crippen LogP contribution is 2.33. The van der Waals surface area contributed by atoms with Crippen molar-refractivity contribution in [1.29, 1.82) is 0 Å². The molecule has 1 aliphatic carbocycles. The monoisotopic (exact) mass is 294 g/mol. The SMILES string of the molecule is CCCc1ccc(C2=Cc3ccc(CC)c(F)c3CC2)cc1. The minimum absolute atomic E-state index is 0.00796. The zero-order valence-corrected chi connectivity index (χ0v) is 13.5. The van der Waals surface area contributed by atoms with Gasteiger partial charge in [-0.25, -0.2) is 4.39 Å². The highest BCUT2D eigenvalue weighted by Gasteiger charge is 2.17. The van der Waals surface area contributed by atoms with Gasteiger partial charge in [-0.3, -0.25) is 0 Å². The van der Waals surface area contributed by atoms with Crippen LogP contribution in [0, 0.1) is 5.82 Å². The molecule has 1 heteroatoms. The summed E-state index contributed by atoms with van der Waals surface area (Å²) in [6.07, 6.45) is 6.95. The third-order valence-electron chi connectivity index (χ3n) is 4.58. The molecule has 0 radical (unpaired) electrons. The van der Waals surface area contributed by atoms with Crippen LogP contribution >= 0.6 is 0 Å². The van der Waals surface area contributed by atoms with Crippen molar-refractivity contribution in [2.75, 3.05) is 0 Å². The van der Waals surface area contributed by atoms with Crippen molar-refractivity contribution in [3.8, 4) is 0 Å². The molecule has 1 aliphatic rings. The first-order valence-electron chi connectivity index (χ1n) is 8.33. The normalized spacial score (nSPS) is 13.7. The van der Waals surface area contributed by atoms with E-state index in [0.717, 1.165) is 42.4 Å². The summed E-state index contributed by atoms with van der Waals surface area (Å²) in [6, 6.07) is 12.9. The summed E-state index contributed by atoms with van der Waals surface area (Å²) in [7, 11) is 0. The van der Waals surface area contributed by atoms with E-state index in [0.29, 0.717) is 0 Å². The van der Waals surface area contributed by atoms with Crippen LogP contribution in [0.2, 0.25) is 0 Å². The Morgan fingerprint density at radius 2 is 1.73 bits per heavy atom. The topological polar surface area (TPSA) is 0 Å². The number of rotatable bonds is 4. The van der Waals surface area contributed by atoms with E-state index in [-0.39, 0.29) is 5.82 Å². The molecule has 0 amide bonds. The lowest BCUT2D eigenvalue weighted by molar-refractivity contribution is 0.593. The highest BCUT2D eigenvalue weighted by molar-refractivity contribution is 5.84. The van der Waals surface area contributed by atoms with E-state index in [9.17, 15) is 4.39 Å². The van der Waals surface area contributed by atoms with Crippen LogP contribution in [-0.4, -0.2) is 0 Å². The summed E-state index contributed by atoms with van der Waals surface area (Å²) >= 11 is 0. The first-order chi connectivity index (χ1) is 10.7. The molecule has 0 fully saturated rings. The lowest BCUT2D eigenvalue weighted by Crippen LogP contribution is -2.04. The molecule has 2 aromatic carbocycles. The quantitative estimate of drug-likeness (QED) is 0.665. The molecule has 0 spiro atoms. The fraction of sp³-hybridized carbons (Fsp3) is 0.333. The maximum Gasteiger partial charge on any atom is 0.130 e. The summed E-state index contributed by atoms with van der Waals surface area (Å²) < 4.78 is 14.4. The van der Waals surface area contributed by atoms with E-state index in [1.165, 1.54) is 23.1 Å². The van der Waals surface area contributed by atoms with Gasteiger partial charge in [0, 0.05) is 0 Å². The molecule has 0 atom stereocenters. The van der Waals surface area contributed by atoms with E-state index in [1.807, 2.05) is 13.0 Å². The fourth-order valence-corrected chi connectivity index (χ4v) is 3.27. The average Bonchev–Trinajstić information content (AvgIpc) is 2.56. The Labute approximate surface area is 132 Å². The molecule has 0 unspecified atom stereocenters. The standard InChI is InChI=1S/C21H23F/c1-3-5-15-6-8-17(9-7-15)18-12-13-20-19(14-18)11-10-16(4-2)21(20)22/h6-11,14H,3-5,12-13H2,1-2H3. The van der Waals surface area contributed by atoms with Gasteiger partial charge in [0.15, 0.2) is 0 Å². The first kappa shape index (κ1) is 15.0. The van der Waals surface area contributed by atoms with Crippen LogP contribution in [0.3, 0.4) is 0 Å².